The maximum atomic E-state index is 13.9. The lowest BCUT2D eigenvalue weighted by Crippen LogP contribution is -2.61. The molecule has 54 heavy (non-hydrogen) atoms. The van der Waals surface area contributed by atoms with Gasteiger partial charge in [-0.25, -0.2) is 9.59 Å². The lowest BCUT2D eigenvalue weighted by Gasteiger charge is -2.41. The first kappa shape index (κ1) is 36.8. The van der Waals surface area contributed by atoms with Crippen molar-refractivity contribution in [2.75, 3.05) is 0 Å². The Balaban J connectivity index is 1.35. The van der Waals surface area contributed by atoms with Crippen LogP contribution in [0.3, 0.4) is 0 Å². The fourth-order valence-electron chi connectivity index (χ4n) is 5.58. The molecule has 6 rings (SSSR count). The topological polar surface area (TPSA) is 243 Å². The van der Waals surface area contributed by atoms with Crippen molar-refractivity contribution >= 4 is 35.1 Å². The van der Waals surface area contributed by atoms with Gasteiger partial charge in [0, 0.05) is 29.8 Å². The van der Waals surface area contributed by atoms with E-state index in [0.717, 1.165) is 36.4 Å². The molecule has 5 atom stereocenters. The van der Waals surface area contributed by atoms with Crippen LogP contribution in [-0.2, 0) is 23.8 Å². The zero-order chi connectivity index (χ0) is 38.7. The van der Waals surface area contributed by atoms with Gasteiger partial charge in [-0.15, -0.1) is 0 Å². The van der Waals surface area contributed by atoms with Crippen molar-refractivity contribution in [3.63, 3.8) is 0 Å². The van der Waals surface area contributed by atoms with Gasteiger partial charge in [-0.3, -0.25) is 4.79 Å². The maximum Gasteiger partial charge on any atom is 0.331 e. The van der Waals surface area contributed by atoms with Gasteiger partial charge in [0.05, 0.1) is 6.10 Å². The average molecular weight is 741 g/mol. The molecule has 4 aromatic carbocycles. The fraction of sp³-hybridized carbons (Fsp3) is 0.154. The molecule has 1 aromatic heterocycles. The van der Waals surface area contributed by atoms with E-state index in [2.05, 4.69) is 0 Å². The summed E-state index contributed by atoms with van der Waals surface area (Å²) in [5.74, 6) is -5.15. The van der Waals surface area contributed by atoms with Gasteiger partial charge >= 0.3 is 11.9 Å². The van der Waals surface area contributed by atoms with Gasteiger partial charge in [-0.05, 0) is 72.7 Å². The number of benzene rings is 4. The summed E-state index contributed by atoms with van der Waals surface area (Å²) in [6.07, 6.45) is -3.22. The number of aliphatic hydroxyl groups excluding tert-OH is 1. The molecular formula is C39H32O15. The van der Waals surface area contributed by atoms with Crippen LogP contribution in [0.2, 0.25) is 0 Å². The Morgan fingerprint density at radius 2 is 1.26 bits per heavy atom. The minimum atomic E-state index is -1.96. The lowest BCUT2D eigenvalue weighted by atomic mass is 9.99. The number of rotatable bonds is 9. The number of carbonyl (C=O) groups excluding carboxylic acids is 2. The summed E-state index contributed by atoms with van der Waals surface area (Å²) in [6.45, 7) is 1.42. The number of fused-ring (bicyclic) bond motifs is 1. The molecule has 1 aliphatic rings. The quantitative estimate of drug-likeness (QED) is 0.0628. The van der Waals surface area contributed by atoms with Gasteiger partial charge in [-0.1, -0.05) is 24.3 Å². The molecule has 7 N–H and O–H groups in total. The second kappa shape index (κ2) is 15.3. The van der Waals surface area contributed by atoms with E-state index >= 15 is 0 Å². The van der Waals surface area contributed by atoms with Crippen molar-refractivity contribution in [2.24, 2.45) is 0 Å². The van der Waals surface area contributed by atoms with Gasteiger partial charge in [0.2, 0.25) is 17.5 Å². The van der Waals surface area contributed by atoms with Gasteiger partial charge in [0.15, 0.2) is 35.6 Å². The lowest BCUT2D eigenvalue weighted by molar-refractivity contribution is -0.275. The van der Waals surface area contributed by atoms with Gasteiger partial charge < -0.3 is 59.1 Å². The smallest absolute Gasteiger partial charge is 0.331 e. The number of phenols is 6. The van der Waals surface area contributed by atoms with Crippen molar-refractivity contribution in [3.8, 4) is 51.6 Å². The molecule has 278 valence electrons. The van der Waals surface area contributed by atoms with E-state index in [0.29, 0.717) is 11.1 Å². The number of aromatic hydroxyl groups is 6. The first-order valence-corrected chi connectivity index (χ1v) is 16.2. The Bertz CT molecular complexity index is 2310. The van der Waals surface area contributed by atoms with Crippen LogP contribution in [0.15, 0.2) is 100 Å². The molecule has 0 spiro atoms. The molecule has 1 saturated heterocycles. The number of ether oxygens (including phenoxy) is 4. The number of hydrogen-bond acceptors (Lipinski definition) is 15. The highest BCUT2D eigenvalue weighted by Crippen LogP contribution is 2.39. The summed E-state index contributed by atoms with van der Waals surface area (Å²) in [5, 5.41) is 71.0. The molecular weight excluding hydrogens is 708 g/mol. The highest BCUT2D eigenvalue weighted by Gasteiger charge is 2.49. The van der Waals surface area contributed by atoms with E-state index in [1.165, 1.54) is 61.5 Å². The minimum absolute atomic E-state index is 0.00313. The number of hydrogen-bond donors (Lipinski definition) is 7. The van der Waals surface area contributed by atoms with Crippen molar-refractivity contribution in [1.82, 2.24) is 0 Å². The Kier molecular flexibility index (Phi) is 10.4. The van der Waals surface area contributed by atoms with Crippen molar-refractivity contribution in [3.05, 3.63) is 112 Å². The van der Waals surface area contributed by atoms with E-state index in [9.17, 15) is 50.1 Å². The van der Waals surface area contributed by atoms with E-state index in [4.69, 9.17) is 23.4 Å². The molecule has 1 aliphatic heterocycles. The SMILES string of the molecule is C[C@@H]1O[C@@H](Oc2c(-c3ccc(O)c(O)c3)oc3cc(O)cc(O)c3c2=O)[C@H](O)[C@H](OC(=O)/C=C/c2ccc(O)cc2)[C@H]1OC(=O)/C=C/c1ccc(O)cc1. The van der Waals surface area contributed by atoms with Crippen LogP contribution >= 0.6 is 0 Å². The first-order valence-electron chi connectivity index (χ1n) is 16.2. The van der Waals surface area contributed by atoms with Crippen LogP contribution in [0.5, 0.6) is 40.2 Å². The summed E-state index contributed by atoms with van der Waals surface area (Å²) >= 11 is 0. The van der Waals surface area contributed by atoms with Crippen molar-refractivity contribution < 1.29 is 68.7 Å². The van der Waals surface area contributed by atoms with Crippen LogP contribution in [0.4, 0.5) is 0 Å². The third-order valence-corrected chi connectivity index (χ3v) is 8.25. The Morgan fingerprint density at radius 1 is 0.685 bits per heavy atom. The third kappa shape index (κ3) is 8.07. The maximum absolute atomic E-state index is 13.9. The minimum Gasteiger partial charge on any atom is -0.508 e. The molecule has 0 aliphatic carbocycles. The predicted octanol–water partition coefficient (Wildman–Crippen LogP) is 4.43. The van der Waals surface area contributed by atoms with E-state index in [1.807, 2.05) is 0 Å². The van der Waals surface area contributed by atoms with Crippen molar-refractivity contribution in [1.29, 1.82) is 0 Å². The molecule has 0 unspecified atom stereocenters. The molecule has 5 aromatic rings. The summed E-state index contributed by atoms with van der Waals surface area (Å²) < 4.78 is 28.9. The standard InChI is InChI=1S/C39H32O15/c1-19-35(52-30(46)14-6-20-2-9-23(40)10-3-20)38(53-31(47)15-7-21-4-11-24(41)12-5-21)34(49)39(50-19)54-37-33(48)32-28(45)17-25(42)18-29(32)51-36(37)22-8-13-26(43)27(44)16-22/h2-19,34-35,38-45,49H,1H3/b14-6+,15-7+/t19-,34+,35-,38-,39-/m0/s1. The van der Waals surface area contributed by atoms with Crippen LogP contribution in [0.1, 0.15) is 18.1 Å². The molecule has 0 bridgehead atoms. The first-order chi connectivity index (χ1) is 25.8. The Labute approximate surface area is 305 Å². The summed E-state index contributed by atoms with van der Waals surface area (Å²) in [4.78, 5) is 40.0. The number of phenolic OH excluding ortho intramolecular Hbond substituents is 6. The van der Waals surface area contributed by atoms with Crippen LogP contribution in [-0.4, -0.2) is 78.4 Å². The second-order valence-corrected chi connectivity index (χ2v) is 12.1. The summed E-state index contributed by atoms with van der Waals surface area (Å²) in [5.41, 5.74) is -0.248. The zero-order valence-electron chi connectivity index (χ0n) is 28.1. The molecule has 15 nitrogen and oxygen atoms in total. The number of esters is 2. The number of carbonyl (C=O) groups is 2. The molecule has 0 saturated carbocycles. The highest BCUT2D eigenvalue weighted by molar-refractivity contribution is 5.89. The van der Waals surface area contributed by atoms with E-state index in [-0.39, 0.29) is 28.4 Å². The molecule has 15 heteroatoms. The van der Waals surface area contributed by atoms with Gasteiger partial charge in [-0.2, -0.15) is 0 Å². The van der Waals surface area contributed by atoms with Crippen LogP contribution in [0, 0.1) is 0 Å². The molecule has 1 fully saturated rings. The molecule has 0 amide bonds. The third-order valence-electron chi connectivity index (χ3n) is 8.25. The van der Waals surface area contributed by atoms with E-state index < -0.39 is 82.2 Å². The van der Waals surface area contributed by atoms with Crippen molar-refractivity contribution in [2.45, 2.75) is 37.6 Å². The Hall–Kier alpha value is -6.97. The monoisotopic (exact) mass is 740 g/mol. The van der Waals surface area contributed by atoms with Crippen LogP contribution in [0.25, 0.3) is 34.4 Å². The summed E-state index contributed by atoms with van der Waals surface area (Å²) in [7, 11) is 0. The highest BCUT2D eigenvalue weighted by atomic mass is 16.7. The average Bonchev–Trinajstić information content (AvgIpc) is 3.13. The van der Waals surface area contributed by atoms with Gasteiger partial charge in [0.1, 0.15) is 34.0 Å². The molecule has 2 heterocycles. The fourth-order valence-corrected chi connectivity index (χ4v) is 5.58. The predicted molar refractivity (Wildman–Crippen MR) is 190 cm³/mol. The molecule has 0 radical (unpaired) electrons. The largest absolute Gasteiger partial charge is 0.508 e. The second-order valence-electron chi connectivity index (χ2n) is 12.1. The van der Waals surface area contributed by atoms with Gasteiger partial charge in [0.25, 0.3) is 0 Å². The normalized spacial score (nSPS) is 19.9. The Morgan fingerprint density at radius 3 is 1.83 bits per heavy atom. The summed E-state index contributed by atoms with van der Waals surface area (Å²) in [6, 6.07) is 17.1. The number of aliphatic hydroxyl groups is 1. The zero-order valence-corrected chi connectivity index (χ0v) is 28.1. The van der Waals surface area contributed by atoms with E-state index in [1.54, 1.807) is 12.1 Å². The van der Waals surface area contributed by atoms with Crippen LogP contribution < -0.4 is 10.2 Å².